The van der Waals surface area contributed by atoms with Gasteiger partial charge in [-0.2, -0.15) is 0 Å². The summed E-state index contributed by atoms with van der Waals surface area (Å²) in [5.74, 6) is -0.339. The number of ether oxygens (including phenoxy) is 1. The predicted molar refractivity (Wildman–Crippen MR) is 88.1 cm³/mol. The molecule has 4 nitrogen and oxygen atoms in total. The van der Waals surface area contributed by atoms with E-state index in [9.17, 15) is 4.79 Å². The molecular weight excluding hydrogens is 331 g/mol. The van der Waals surface area contributed by atoms with Crippen molar-refractivity contribution in [3.63, 3.8) is 0 Å². The van der Waals surface area contributed by atoms with Crippen LogP contribution >= 0.6 is 35.4 Å². The van der Waals surface area contributed by atoms with E-state index in [0.717, 1.165) is 0 Å². The zero-order chi connectivity index (χ0) is 15.6. The summed E-state index contributed by atoms with van der Waals surface area (Å²) in [6.45, 7) is 5.25. The molecule has 1 N–H and O–H groups in total. The summed E-state index contributed by atoms with van der Waals surface area (Å²) < 4.78 is 5.64. The van der Waals surface area contributed by atoms with Crippen LogP contribution in [0.1, 0.15) is 24.2 Å². The van der Waals surface area contributed by atoms with Gasteiger partial charge in [0.2, 0.25) is 0 Å². The summed E-state index contributed by atoms with van der Waals surface area (Å²) in [4.78, 5) is 14.1. The van der Waals surface area contributed by atoms with Crippen molar-refractivity contribution in [3.8, 4) is 0 Å². The molecule has 7 heteroatoms. The second-order valence-electron chi connectivity index (χ2n) is 5.05. The van der Waals surface area contributed by atoms with Gasteiger partial charge in [0, 0.05) is 18.1 Å². The number of carbonyl (C=O) groups excluding carboxylic acids is 1. The molecule has 0 aliphatic carbocycles. The van der Waals surface area contributed by atoms with Gasteiger partial charge in [0.15, 0.2) is 5.11 Å². The fraction of sp³-hybridized carbons (Fsp3) is 0.429. The van der Waals surface area contributed by atoms with E-state index in [1.165, 1.54) is 6.07 Å². The Morgan fingerprint density at radius 3 is 2.52 bits per heavy atom. The lowest BCUT2D eigenvalue weighted by Crippen LogP contribution is -2.52. The SMILES string of the molecule is CC1CN(C(=S)NC(=O)c2ccc(Cl)cc2Cl)CC(C)O1. The summed E-state index contributed by atoms with van der Waals surface area (Å²) in [5.41, 5.74) is 0.345. The average Bonchev–Trinajstić information content (AvgIpc) is 2.37. The number of morpholine rings is 1. The lowest BCUT2D eigenvalue weighted by atomic mass is 10.2. The summed E-state index contributed by atoms with van der Waals surface area (Å²) in [5, 5.41) is 3.86. The van der Waals surface area contributed by atoms with Gasteiger partial charge >= 0.3 is 0 Å². The summed E-state index contributed by atoms with van der Waals surface area (Å²) in [6, 6.07) is 4.72. The van der Waals surface area contributed by atoms with Crippen molar-refractivity contribution >= 4 is 46.4 Å². The van der Waals surface area contributed by atoms with Gasteiger partial charge in [-0.25, -0.2) is 0 Å². The van der Waals surface area contributed by atoms with Crippen LogP contribution in [0.3, 0.4) is 0 Å². The van der Waals surface area contributed by atoms with Crippen LogP contribution in [0.15, 0.2) is 18.2 Å². The molecule has 0 spiro atoms. The predicted octanol–water partition coefficient (Wildman–Crippen LogP) is 3.12. The van der Waals surface area contributed by atoms with Crippen LogP contribution in [0, 0.1) is 0 Å². The van der Waals surface area contributed by atoms with E-state index in [2.05, 4.69) is 5.32 Å². The maximum Gasteiger partial charge on any atom is 0.258 e. The van der Waals surface area contributed by atoms with E-state index < -0.39 is 0 Å². The smallest absolute Gasteiger partial charge is 0.258 e. The molecule has 1 amide bonds. The molecule has 0 radical (unpaired) electrons. The second-order valence-corrected chi connectivity index (χ2v) is 6.28. The highest BCUT2D eigenvalue weighted by molar-refractivity contribution is 7.80. The van der Waals surface area contributed by atoms with Crippen molar-refractivity contribution in [2.24, 2.45) is 0 Å². The van der Waals surface area contributed by atoms with Crippen LogP contribution in [-0.2, 0) is 4.74 Å². The largest absolute Gasteiger partial charge is 0.372 e. The van der Waals surface area contributed by atoms with Gasteiger partial charge in [0.1, 0.15) is 0 Å². The Balaban J connectivity index is 2.03. The number of thiocarbonyl (C=S) groups is 1. The highest BCUT2D eigenvalue weighted by Crippen LogP contribution is 2.21. The number of amides is 1. The van der Waals surface area contributed by atoms with Crippen molar-refractivity contribution in [3.05, 3.63) is 33.8 Å². The third kappa shape index (κ3) is 4.30. The van der Waals surface area contributed by atoms with Crippen LogP contribution in [-0.4, -0.2) is 41.2 Å². The molecule has 0 aromatic heterocycles. The van der Waals surface area contributed by atoms with Crippen LogP contribution in [0.4, 0.5) is 0 Å². The molecule has 1 aromatic rings. The Morgan fingerprint density at radius 2 is 1.95 bits per heavy atom. The maximum atomic E-state index is 12.2. The summed E-state index contributed by atoms with van der Waals surface area (Å²) >= 11 is 17.1. The second kappa shape index (κ2) is 6.92. The minimum atomic E-state index is -0.339. The Labute approximate surface area is 139 Å². The molecule has 1 fully saturated rings. The monoisotopic (exact) mass is 346 g/mol. The van der Waals surface area contributed by atoms with Crippen molar-refractivity contribution in [2.75, 3.05) is 13.1 Å². The third-order valence-electron chi connectivity index (χ3n) is 3.10. The van der Waals surface area contributed by atoms with Crippen LogP contribution in [0.2, 0.25) is 10.0 Å². The number of benzene rings is 1. The number of hydrogen-bond donors (Lipinski definition) is 1. The van der Waals surface area contributed by atoms with E-state index >= 15 is 0 Å². The highest BCUT2D eigenvalue weighted by Gasteiger charge is 2.25. The minimum Gasteiger partial charge on any atom is -0.372 e. The third-order valence-corrected chi connectivity index (χ3v) is 4.01. The Hall–Kier alpha value is -0.880. The van der Waals surface area contributed by atoms with Gasteiger partial charge in [-0.15, -0.1) is 0 Å². The lowest BCUT2D eigenvalue weighted by Gasteiger charge is -2.36. The first-order valence-corrected chi connectivity index (χ1v) is 7.74. The molecule has 1 aliphatic rings. The molecular formula is C14H16Cl2N2O2S. The van der Waals surface area contributed by atoms with Crippen LogP contribution in [0.5, 0.6) is 0 Å². The first-order valence-electron chi connectivity index (χ1n) is 6.57. The quantitative estimate of drug-likeness (QED) is 0.793. The molecule has 1 aliphatic heterocycles. The number of nitrogens with zero attached hydrogens (tertiary/aromatic N) is 1. The van der Waals surface area contributed by atoms with Gasteiger partial charge in [-0.3, -0.25) is 10.1 Å². The van der Waals surface area contributed by atoms with Gasteiger partial charge in [0.05, 0.1) is 22.8 Å². The minimum absolute atomic E-state index is 0.0720. The van der Waals surface area contributed by atoms with Crippen molar-refractivity contribution in [1.29, 1.82) is 0 Å². The summed E-state index contributed by atoms with van der Waals surface area (Å²) in [6.07, 6.45) is 0.144. The molecule has 2 atom stereocenters. The molecule has 1 saturated heterocycles. The molecule has 2 rings (SSSR count). The van der Waals surface area contributed by atoms with Crippen LogP contribution < -0.4 is 5.32 Å². The molecule has 21 heavy (non-hydrogen) atoms. The zero-order valence-corrected chi connectivity index (χ0v) is 14.1. The molecule has 0 bridgehead atoms. The normalized spacial score (nSPS) is 22.0. The lowest BCUT2D eigenvalue weighted by molar-refractivity contribution is -0.0481. The number of hydrogen-bond acceptors (Lipinski definition) is 3. The van der Waals surface area contributed by atoms with Crippen LogP contribution in [0.25, 0.3) is 0 Å². The van der Waals surface area contributed by atoms with Crippen molar-refractivity contribution in [1.82, 2.24) is 10.2 Å². The van der Waals surface area contributed by atoms with E-state index in [1.807, 2.05) is 18.7 Å². The topological polar surface area (TPSA) is 41.6 Å². The number of nitrogens with one attached hydrogen (secondary N) is 1. The Morgan fingerprint density at radius 1 is 1.33 bits per heavy atom. The zero-order valence-electron chi connectivity index (χ0n) is 11.7. The fourth-order valence-electron chi connectivity index (χ4n) is 2.26. The molecule has 0 saturated carbocycles. The van der Waals surface area contributed by atoms with Crippen molar-refractivity contribution < 1.29 is 9.53 Å². The highest BCUT2D eigenvalue weighted by atomic mass is 35.5. The molecule has 114 valence electrons. The Kier molecular flexibility index (Phi) is 5.43. The van der Waals surface area contributed by atoms with E-state index in [1.54, 1.807) is 12.1 Å². The van der Waals surface area contributed by atoms with Gasteiger partial charge in [-0.1, -0.05) is 23.2 Å². The Bertz CT molecular complexity index is 558. The van der Waals surface area contributed by atoms with Crippen molar-refractivity contribution in [2.45, 2.75) is 26.1 Å². The maximum absolute atomic E-state index is 12.2. The number of halogens is 2. The average molecular weight is 347 g/mol. The molecule has 2 unspecified atom stereocenters. The number of carbonyl (C=O) groups is 1. The van der Waals surface area contributed by atoms with E-state index in [-0.39, 0.29) is 18.1 Å². The van der Waals surface area contributed by atoms with E-state index in [0.29, 0.717) is 33.8 Å². The molecule has 1 aromatic carbocycles. The van der Waals surface area contributed by atoms with E-state index in [4.69, 9.17) is 40.2 Å². The number of rotatable bonds is 1. The first-order chi connectivity index (χ1) is 9.86. The van der Waals surface area contributed by atoms with Gasteiger partial charge in [0.25, 0.3) is 5.91 Å². The fourth-order valence-corrected chi connectivity index (χ4v) is 3.00. The van der Waals surface area contributed by atoms with Gasteiger partial charge < -0.3 is 9.64 Å². The van der Waals surface area contributed by atoms with Gasteiger partial charge in [-0.05, 0) is 44.3 Å². The molecule has 1 heterocycles. The first kappa shape index (κ1) is 16.5. The standard InChI is InChI=1S/C14H16Cl2N2O2S/c1-8-6-18(7-9(2)20-8)14(21)17-13(19)11-4-3-10(15)5-12(11)16/h3-5,8-9H,6-7H2,1-2H3,(H,17,19,21). The summed E-state index contributed by atoms with van der Waals surface area (Å²) in [7, 11) is 0.